The Balaban J connectivity index is 1.84. The number of aromatic nitrogens is 2. The van der Waals surface area contributed by atoms with Gasteiger partial charge in [0.1, 0.15) is 10.0 Å². The Morgan fingerprint density at radius 1 is 1.41 bits per heavy atom. The molecular formula is C17H21ClN4O4S. The van der Waals surface area contributed by atoms with Crippen molar-refractivity contribution in [1.82, 2.24) is 14.7 Å². The maximum Gasteiger partial charge on any atom is 0.266 e. The van der Waals surface area contributed by atoms with Gasteiger partial charge in [0.15, 0.2) is 0 Å². The minimum Gasteiger partial charge on any atom is -0.391 e. The number of hydrogen-bond acceptors (Lipinski definition) is 5. The average molecular weight is 413 g/mol. The number of aryl methyl sites for hydroxylation is 2. The van der Waals surface area contributed by atoms with Gasteiger partial charge >= 0.3 is 0 Å². The minimum atomic E-state index is -3.96. The molecule has 8 nitrogen and oxygen atoms in total. The second-order valence-corrected chi connectivity index (χ2v) is 8.54. The zero-order valence-electron chi connectivity index (χ0n) is 15.0. The third-order valence-corrected chi connectivity index (χ3v) is 6.49. The number of aliphatic hydroxyl groups excluding tert-OH is 1. The van der Waals surface area contributed by atoms with Crippen molar-refractivity contribution in [3.05, 3.63) is 40.7 Å². The van der Waals surface area contributed by atoms with E-state index in [1.165, 1.54) is 10.7 Å². The van der Waals surface area contributed by atoms with Crippen LogP contribution in [0.2, 0.25) is 5.15 Å². The number of sulfonamides is 1. The predicted molar refractivity (Wildman–Crippen MR) is 101 cm³/mol. The molecule has 0 unspecified atom stereocenters. The lowest BCUT2D eigenvalue weighted by Gasteiger charge is -2.30. The van der Waals surface area contributed by atoms with Crippen molar-refractivity contribution < 1.29 is 18.3 Å². The van der Waals surface area contributed by atoms with E-state index in [4.69, 9.17) is 11.6 Å². The van der Waals surface area contributed by atoms with Gasteiger partial charge in [-0.1, -0.05) is 17.7 Å². The molecule has 1 fully saturated rings. The van der Waals surface area contributed by atoms with E-state index in [0.717, 1.165) is 6.42 Å². The molecule has 0 aliphatic carbocycles. The van der Waals surface area contributed by atoms with Crippen LogP contribution >= 0.6 is 11.6 Å². The number of amides is 1. The van der Waals surface area contributed by atoms with E-state index in [1.54, 1.807) is 37.1 Å². The van der Waals surface area contributed by atoms with Gasteiger partial charge in [0.25, 0.3) is 15.9 Å². The van der Waals surface area contributed by atoms with Gasteiger partial charge in [-0.3, -0.25) is 14.2 Å². The number of anilines is 1. The summed E-state index contributed by atoms with van der Waals surface area (Å²) in [5, 5.41) is 13.8. The number of carbonyl (C=O) groups is 1. The van der Waals surface area contributed by atoms with Crippen LogP contribution in [0.25, 0.3) is 0 Å². The van der Waals surface area contributed by atoms with Gasteiger partial charge < -0.3 is 10.0 Å². The number of piperidine rings is 1. The summed E-state index contributed by atoms with van der Waals surface area (Å²) in [5.74, 6) is -0.245. The first-order valence-electron chi connectivity index (χ1n) is 8.48. The van der Waals surface area contributed by atoms with Crippen molar-refractivity contribution in [3.8, 4) is 0 Å². The molecule has 2 N–H and O–H groups in total. The standard InChI is InChI=1S/C17H21ClN4O4S/c1-11-15(16(18)21(2)19-11)27(25,26)20-13-6-3-5-12(9-13)17(24)22-8-4-7-14(23)10-22/h3,5-6,9,14,20,23H,4,7-8,10H2,1-2H3/t14-/m1/s1. The van der Waals surface area contributed by atoms with Crippen molar-refractivity contribution >= 4 is 33.2 Å². The van der Waals surface area contributed by atoms with Crippen LogP contribution in [-0.4, -0.2) is 53.3 Å². The topological polar surface area (TPSA) is 105 Å². The van der Waals surface area contributed by atoms with Crippen LogP contribution in [0.15, 0.2) is 29.2 Å². The Kier molecular flexibility index (Phi) is 5.45. The molecule has 1 aliphatic rings. The lowest BCUT2D eigenvalue weighted by molar-refractivity contribution is 0.0474. The number of carbonyl (C=O) groups excluding carboxylic acids is 1. The molecule has 0 saturated carbocycles. The maximum atomic E-state index is 12.7. The number of halogens is 1. The van der Waals surface area contributed by atoms with E-state index in [-0.39, 0.29) is 33.9 Å². The monoisotopic (exact) mass is 412 g/mol. The van der Waals surface area contributed by atoms with Gasteiger partial charge in [0, 0.05) is 31.4 Å². The van der Waals surface area contributed by atoms with Crippen molar-refractivity contribution in [2.75, 3.05) is 17.8 Å². The zero-order valence-corrected chi connectivity index (χ0v) is 16.6. The lowest BCUT2D eigenvalue weighted by Crippen LogP contribution is -2.42. The SMILES string of the molecule is Cc1nn(C)c(Cl)c1S(=O)(=O)Nc1cccc(C(=O)N2CCC[C@@H](O)C2)c1. The molecule has 1 amide bonds. The van der Waals surface area contributed by atoms with Gasteiger partial charge in [-0.25, -0.2) is 8.42 Å². The Hall–Kier alpha value is -2.10. The van der Waals surface area contributed by atoms with Crippen LogP contribution in [0.3, 0.4) is 0 Å². The predicted octanol–water partition coefficient (Wildman–Crippen LogP) is 1.78. The molecule has 3 rings (SSSR count). The fourth-order valence-corrected chi connectivity index (χ4v) is 4.96. The molecule has 0 spiro atoms. The highest BCUT2D eigenvalue weighted by Gasteiger charge is 2.26. The molecule has 1 aromatic carbocycles. The van der Waals surface area contributed by atoms with Crippen molar-refractivity contribution in [2.45, 2.75) is 30.8 Å². The molecule has 0 bridgehead atoms. The molecule has 10 heteroatoms. The van der Waals surface area contributed by atoms with E-state index >= 15 is 0 Å². The highest BCUT2D eigenvalue weighted by molar-refractivity contribution is 7.92. The average Bonchev–Trinajstić information content (AvgIpc) is 2.86. The van der Waals surface area contributed by atoms with E-state index in [9.17, 15) is 18.3 Å². The summed E-state index contributed by atoms with van der Waals surface area (Å²) in [5.41, 5.74) is 0.876. The van der Waals surface area contributed by atoms with Crippen LogP contribution in [0.5, 0.6) is 0 Å². The summed E-state index contributed by atoms with van der Waals surface area (Å²) >= 11 is 6.06. The second kappa shape index (κ2) is 7.49. The van der Waals surface area contributed by atoms with Gasteiger partial charge in [0.2, 0.25) is 0 Å². The normalized spacial score (nSPS) is 17.8. The first kappa shape index (κ1) is 19.7. The van der Waals surface area contributed by atoms with E-state index in [2.05, 4.69) is 9.82 Å². The molecule has 2 heterocycles. The Morgan fingerprint density at radius 3 is 2.78 bits per heavy atom. The molecule has 1 aromatic heterocycles. The van der Waals surface area contributed by atoms with E-state index in [1.807, 2.05) is 0 Å². The van der Waals surface area contributed by atoms with Crippen LogP contribution in [0.4, 0.5) is 5.69 Å². The fourth-order valence-electron chi connectivity index (χ4n) is 3.16. The largest absolute Gasteiger partial charge is 0.391 e. The third kappa shape index (κ3) is 4.10. The number of aliphatic hydroxyl groups is 1. The van der Waals surface area contributed by atoms with E-state index < -0.39 is 16.1 Å². The first-order chi connectivity index (χ1) is 12.7. The van der Waals surface area contributed by atoms with Gasteiger partial charge in [-0.2, -0.15) is 5.10 Å². The number of benzene rings is 1. The Morgan fingerprint density at radius 2 is 2.15 bits per heavy atom. The number of β-amino-alcohol motifs (C(OH)–C–C–N with tert-alkyl or cyclic N) is 1. The van der Waals surface area contributed by atoms with Crippen LogP contribution in [0.1, 0.15) is 28.9 Å². The lowest BCUT2D eigenvalue weighted by atomic mass is 10.1. The van der Waals surface area contributed by atoms with Crippen LogP contribution < -0.4 is 4.72 Å². The summed E-state index contributed by atoms with van der Waals surface area (Å²) < 4.78 is 29.1. The minimum absolute atomic E-state index is 0.00883. The molecule has 146 valence electrons. The molecule has 2 aromatic rings. The number of rotatable bonds is 4. The Labute approximate surface area is 162 Å². The van der Waals surface area contributed by atoms with E-state index in [0.29, 0.717) is 18.5 Å². The highest BCUT2D eigenvalue weighted by Crippen LogP contribution is 2.27. The smallest absolute Gasteiger partial charge is 0.266 e. The summed E-state index contributed by atoms with van der Waals surface area (Å²) in [6.45, 7) is 2.40. The molecule has 0 radical (unpaired) electrons. The number of nitrogens with zero attached hydrogens (tertiary/aromatic N) is 3. The number of likely N-dealkylation sites (tertiary alicyclic amines) is 1. The van der Waals surface area contributed by atoms with Crippen LogP contribution in [-0.2, 0) is 17.1 Å². The molecule has 1 aliphatic heterocycles. The highest BCUT2D eigenvalue weighted by atomic mass is 35.5. The summed E-state index contributed by atoms with van der Waals surface area (Å²) in [4.78, 5) is 14.1. The van der Waals surface area contributed by atoms with Gasteiger partial charge in [-0.05, 0) is 38.0 Å². The third-order valence-electron chi connectivity index (χ3n) is 4.41. The van der Waals surface area contributed by atoms with Crippen molar-refractivity contribution in [1.29, 1.82) is 0 Å². The first-order valence-corrected chi connectivity index (χ1v) is 10.3. The number of hydrogen-bond donors (Lipinski definition) is 2. The summed E-state index contributed by atoms with van der Waals surface area (Å²) in [6, 6.07) is 6.24. The molecular weight excluding hydrogens is 392 g/mol. The fraction of sp³-hybridized carbons (Fsp3) is 0.412. The molecule has 27 heavy (non-hydrogen) atoms. The maximum absolute atomic E-state index is 12.7. The van der Waals surface area contributed by atoms with Crippen molar-refractivity contribution in [3.63, 3.8) is 0 Å². The Bertz CT molecular complexity index is 973. The van der Waals surface area contributed by atoms with Gasteiger partial charge in [0.05, 0.1) is 11.8 Å². The van der Waals surface area contributed by atoms with Crippen LogP contribution in [0, 0.1) is 6.92 Å². The van der Waals surface area contributed by atoms with Crippen molar-refractivity contribution in [2.24, 2.45) is 7.05 Å². The zero-order chi connectivity index (χ0) is 19.8. The summed E-state index contributed by atoms with van der Waals surface area (Å²) in [7, 11) is -2.40. The summed E-state index contributed by atoms with van der Waals surface area (Å²) in [6.07, 6.45) is 0.882. The second-order valence-electron chi connectivity index (χ2n) is 6.56. The quantitative estimate of drug-likeness (QED) is 0.796. The number of nitrogens with one attached hydrogen (secondary N) is 1. The van der Waals surface area contributed by atoms with Gasteiger partial charge in [-0.15, -0.1) is 0 Å². The molecule has 1 atom stereocenters. The molecule has 1 saturated heterocycles.